The van der Waals surface area contributed by atoms with Gasteiger partial charge in [-0.3, -0.25) is 4.79 Å². The Hall–Kier alpha value is -2.57. The maximum atomic E-state index is 13.1. The second-order valence-corrected chi connectivity index (χ2v) is 9.28. The minimum absolute atomic E-state index is 0.0321. The highest BCUT2D eigenvalue weighted by Gasteiger charge is 2.23. The molecule has 1 aromatic heterocycles. The number of aryl methyl sites for hydroxylation is 1. The molecule has 0 spiro atoms. The lowest BCUT2D eigenvalue weighted by Crippen LogP contribution is -2.24. The van der Waals surface area contributed by atoms with Crippen molar-refractivity contribution in [1.29, 1.82) is 0 Å². The second kappa shape index (κ2) is 9.71. The zero-order valence-electron chi connectivity index (χ0n) is 18.3. The van der Waals surface area contributed by atoms with Crippen molar-refractivity contribution >= 4 is 23.4 Å². The summed E-state index contributed by atoms with van der Waals surface area (Å²) in [6.45, 7) is 7.66. The third-order valence-electron chi connectivity index (χ3n) is 5.75. The van der Waals surface area contributed by atoms with E-state index in [1.165, 1.54) is 11.8 Å². The number of anilines is 1. The average molecular weight is 436 g/mol. The minimum atomic E-state index is -0.284. The third kappa shape index (κ3) is 5.02. The lowest BCUT2D eigenvalue weighted by atomic mass is 10.0. The van der Waals surface area contributed by atoms with Crippen LogP contribution in [-0.4, -0.2) is 33.4 Å². The van der Waals surface area contributed by atoms with Gasteiger partial charge in [-0.15, -0.1) is 0 Å². The molecule has 0 aliphatic carbocycles. The van der Waals surface area contributed by atoms with Crippen LogP contribution in [-0.2, 0) is 16.1 Å². The Bertz CT molecular complexity index is 1040. The number of aromatic nitrogens is 2. The number of carbonyl (C=O) groups is 1. The number of imidazole rings is 1. The van der Waals surface area contributed by atoms with Gasteiger partial charge in [0.05, 0.1) is 23.6 Å². The van der Waals surface area contributed by atoms with Crippen molar-refractivity contribution in [3.8, 4) is 11.1 Å². The second-order valence-electron chi connectivity index (χ2n) is 7.97. The first kappa shape index (κ1) is 21.7. The molecule has 1 fully saturated rings. The molecular weight excluding hydrogens is 406 g/mol. The van der Waals surface area contributed by atoms with Crippen molar-refractivity contribution in [3.05, 3.63) is 66.0 Å². The SMILES string of the molecule is Cc1nc(S[C@H](C)C(=O)Nc2ccccc2-c2ccccc2)n(C[C@@H]2CCCO2)c1C. The highest BCUT2D eigenvalue weighted by Crippen LogP contribution is 2.30. The third-order valence-corrected chi connectivity index (χ3v) is 6.84. The van der Waals surface area contributed by atoms with Crippen LogP contribution in [0.2, 0.25) is 0 Å². The van der Waals surface area contributed by atoms with Crippen LogP contribution in [0.25, 0.3) is 11.1 Å². The number of carbonyl (C=O) groups excluding carboxylic acids is 1. The van der Waals surface area contributed by atoms with Crippen LogP contribution in [0.3, 0.4) is 0 Å². The number of rotatable bonds is 7. The number of thioether (sulfide) groups is 1. The van der Waals surface area contributed by atoms with E-state index in [9.17, 15) is 4.79 Å². The predicted molar refractivity (Wildman–Crippen MR) is 127 cm³/mol. The molecule has 2 heterocycles. The molecule has 0 saturated carbocycles. The predicted octanol–water partition coefficient (Wildman–Crippen LogP) is 5.47. The highest BCUT2D eigenvalue weighted by atomic mass is 32.2. The van der Waals surface area contributed by atoms with E-state index in [-0.39, 0.29) is 17.3 Å². The van der Waals surface area contributed by atoms with Gasteiger partial charge in [0, 0.05) is 23.6 Å². The number of amides is 1. The Morgan fingerprint density at radius 3 is 2.68 bits per heavy atom. The number of benzene rings is 2. The number of nitrogens with zero attached hydrogens (tertiary/aromatic N) is 2. The Morgan fingerprint density at radius 1 is 1.19 bits per heavy atom. The topological polar surface area (TPSA) is 56.2 Å². The van der Waals surface area contributed by atoms with Crippen molar-refractivity contribution in [3.63, 3.8) is 0 Å². The summed E-state index contributed by atoms with van der Waals surface area (Å²) in [5, 5.41) is 3.72. The zero-order valence-corrected chi connectivity index (χ0v) is 19.1. The van der Waals surface area contributed by atoms with E-state index in [2.05, 4.69) is 28.9 Å². The number of para-hydroxylation sites is 1. The molecule has 1 aliphatic heterocycles. The molecule has 0 bridgehead atoms. The first-order chi connectivity index (χ1) is 15.0. The Labute approximate surface area is 188 Å². The fourth-order valence-corrected chi connectivity index (χ4v) is 4.84. The normalized spacial score (nSPS) is 16.9. The lowest BCUT2D eigenvalue weighted by Gasteiger charge is -2.17. The maximum absolute atomic E-state index is 13.1. The summed E-state index contributed by atoms with van der Waals surface area (Å²) in [7, 11) is 0. The van der Waals surface area contributed by atoms with Crippen LogP contribution in [0.4, 0.5) is 5.69 Å². The molecule has 1 N–H and O–H groups in total. The van der Waals surface area contributed by atoms with Crippen molar-refractivity contribution < 1.29 is 9.53 Å². The summed E-state index contributed by atoms with van der Waals surface area (Å²) in [6.07, 6.45) is 2.42. The van der Waals surface area contributed by atoms with Crippen molar-refractivity contribution in [2.24, 2.45) is 0 Å². The Kier molecular flexibility index (Phi) is 6.78. The molecule has 162 valence electrons. The van der Waals surface area contributed by atoms with Gasteiger partial charge in [-0.25, -0.2) is 4.98 Å². The van der Waals surface area contributed by atoms with E-state index < -0.39 is 0 Å². The molecular formula is C25H29N3O2S. The lowest BCUT2D eigenvalue weighted by molar-refractivity contribution is -0.115. The summed E-state index contributed by atoms with van der Waals surface area (Å²) in [5.41, 5.74) is 5.06. The van der Waals surface area contributed by atoms with Crippen molar-refractivity contribution in [2.75, 3.05) is 11.9 Å². The van der Waals surface area contributed by atoms with Crippen molar-refractivity contribution in [1.82, 2.24) is 9.55 Å². The van der Waals surface area contributed by atoms with Crippen LogP contribution < -0.4 is 5.32 Å². The number of hydrogen-bond acceptors (Lipinski definition) is 4. The fourth-order valence-electron chi connectivity index (χ4n) is 3.83. The van der Waals surface area contributed by atoms with Gasteiger partial charge in [-0.2, -0.15) is 0 Å². The van der Waals surface area contributed by atoms with Crippen LogP contribution >= 0.6 is 11.8 Å². The molecule has 1 aliphatic rings. The quantitative estimate of drug-likeness (QED) is 0.500. The smallest absolute Gasteiger partial charge is 0.237 e. The first-order valence-electron chi connectivity index (χ1n) is 10.8. The van der Waals surface area contributed by atoms with Gasteiger partial charge >= 0.3 is 0 Å². The van der Waals surface area contributed by atoms with E-state index in [1.807, 2.05) is 56.3 Å². The standard InChI is InChI=1S/C25H29N3O2S/c1-17-18(2)28(16-21-12-9-15-30-21)25(26-17)31-19(3)24(29)27-23-14-8-7-13-22(23)20-10-5-4-6-11-20/h4-8,10-11,13-14,19,21H,9,12,15-16H2,1-3H3,(H,27,29)/t19-,21+/m1/s1. The summed E-state index contributed by atoms with van der Waals surface area (Å²) in [5.74, 6) is -0.0321. The van der Waals surface area contributed by atoms with E-state index >= 15 is 0 Å². The molecule has 5 nitrogen and oxygen atoms in total. The van der Waals surface area contributed by atoms with Gasteiger partial charge in [0.15, 0.2) is 5.16 Å². The van der Waals surface area contributed by atoms with E-state index in [0.29, 0.717) is 0 Å². The summed E-state index contributed by atoms with van der Waals surface area (Å²) in [4.78, 5) is 17.8. The molecule has 0 unspecified atom stereocenters. The van der Waals surface area contributed by atoms with Gasteiger partial charge in [0.25, 0.3) is 0 Å². The molecule has 31 heavy (non-hydrogen) atoms. The van der Waals surface area contributed by atoms with E-state index in [4.69, 9.17) is 9.72 Å². The van der Waals surface area contributed by atoms with Crippen LogP contribution in [0, 0.1) is 13.8 Å². The summed E-state index contributed by atoms with van der Waals surface area (Å²) < 4.78 is 8.03. The van der Waals surface area contributed by atoms with Crippen LogP contribution in [0.15, 0.2) is 59.8 Å². The minimum Gasteiger partial charge on any atom is -0.376 e. The van der Waals surface area contributed by atoms with Crippen LogP contribution in [0.5, 0.6) is 0 Å². The molecule has 3 aromatic rings. The Balaban J connectivity index is 1.49. The molecule has 0 radical (unpaired) electrons. The molecule has 2 aromatic carbocycles. The zero-order chi connectivity index (χ0) is 21.8. The fraction of sp³-hybridized carbons (Fsp3) is 0.360. The maximum Gasteiger partial charge on any atom is 0.237 e. The van der Waals surface area contributed by atoms with Crippen molar-refractivity contribution in [2.45, 2.75) is 56.7 Å². The summed E-state index contributed by atoms with van der Waals surface area (Å²) >= 11 is 1.50. The number of ether oxygens (including phenoxy) is 1. The van der Waals surface area contributed by atoms with E-state index in [0.717, 1.165) is 59.4 Å². The van der Waals surface area contributed by atoms with Gasteiger partial charge in [0.1, 0.15) is 0 Å². The molecule has 2 atom stereocenters. The van der Waals surface area contributed by atoms with E-state index in [1.54, 1.807) is 0 Å². The Morgan fingerprint density at radius 2 is 1.94 bits per heavy atom. The van der Waals surface area contributed by atoms with Crippen LogP contribution in [0.1, 0.15) is 31.2 Å². The molecule has 1 amide bonds. The summed E-state index contributed by atoms with van der Waals surface area (Å²) in [6, 6.07) is 18.0. The van der Waals surface area contributed by atoms with Gasteiger partial charge in [0.2, 0.25) is 5.91 Å². The monoisotopic (exact) mass is 435 g/mol. The van der Waals surface area contributed by atoms with Gasteiger partial charge in [-0.1, -0.05) is 60.3 Å². The molecule has 6 heteroatoms. The largest absolute Gasteiger partial charge is 0.376 e. The van der Waals surface area contributed by atoms with Gasteiger partial charge in [-0.05, 0) is 45.2 Å². The first-order valence-corrected chi connectivity index (χ1v) is 11.7. The number of hydrogen-bond donors (Lipinski definition) is 1. The molecule has 1 saturated heterocycles. The highest BCUT2D eigenvalue weighted by molar-refractivity contribution is 8.00. The molecule has 4 rings (SSSR count). The average Bonchev–Trinajstić information content (AvgIpc) is 3.39. The number of nitrogens with one attached hydrogen (secondary N) is 1. The van der Waals surface area contributed by atoms with Gasteiger partial charge < -0.3 is 14.6 Å².